The van der Waals surface area contributed by atoms with E-state index in [2.05, 4.69) is 26.3 Å². The Morgan fingerprint density at radius 2 is 1.92 bits per heavy atom. The van der Waals surface area contributed by atoms with Crippen molar-refractivity contribution in [1.82, 2.24) is 19.4 Å². The van der Waals surface area contributed by atoms with Crippen molar-refractivity contribution in [1.29, 1.82) is 0 Å². The molecule has 0 unspecified atom stereocenters. The molecule has 0 radical (unpaired) electrons. The van der Waals surface area contributed by atoms with E-state index in [-0.39, 0.29) is 5.97 Å². The third kappa shape index (κ3) is 4.29. The first-order valence-corrected chi connectivity index (χ1v) is 8.89. The Kier molecular flexibility index (Phi) is 5.88. The van der Waals surface area contributed by atoms with Crippen LogP contribution < -0.4 is 0 Å². The molecule has 1 aliphatic rings. The second-order valence-corrected chi connectivity index (χ2v) is 6.16. The fourth-order valence-corrected chi connectivity index (χ4v) is 3.14. The van der Waals surface area contributed by atoms with Crippen LogP contribution in [0.2, 0.25) is 0 Å². The van der Waals surface area contributed by atoms with Gasteiger partial charge in [-0.25, -0.2) is 9.78 Å². The van der Waals surface area contributed by atoms with Gasteiger partial charge < -0.3 is 13.7 Å². The molecule has 0 spiro atoms. The van der Waals surface area contributed by atoms with Gasteiger partial charge in [0.15, 0.2) is 0 Å². The zero-order valence-corrected chi connectivity index (χ0v) is 15.0. The van der Waals surface area contributed by atoms with E-state index in [0.29, 0.717) is 24.5 Å². The van der Waals surface area contributed by atoms with E-state index < -0.39 is 0 Å². The van der Waals surface area contributed by atoms with Gasteiger partial charge in [0.2, 0.25) is 0 Å². The van der Waals surface area contributed by atoms with E-state index in [4.69, 9.17) is 9.15 Å². The number of aromatic nitrogens is 2. The number of imidazole rings is 1. The maximum atomic E-state index is 11.9. The number of piperazine rings is 1. The summed E-state index contributed by atoms with van der Waals surface area (Å²) >= 11 is 0. The summed E-state index contributed by atoms with van der Waals surface area (Å²) in [4.78, 5) is 21.1. The van der Waals surface area contributed by atoms with Crippen molar-refractivity contribution in [3.05, 3.63) is 41.9 Å². The Labute approximate surface area is 148 Å². The van der Waals surface area contributed by atoms with Crippen molar-refractivity contribution in [3.8, 4) is 0 Å². The second-order valence-electron chi connectivity index (χ2n) is 6.16. The van der Waals surface area contributed by atoms with E-state index in [1.165, 1.54) is 0 Å². The molecule has 0 atom stereocenters. The number of aryl methyl sites for hydroxylation is 1. The van der Waals surface area contributed by atoms with Crippen LogP contribution in [0.25, 0.3) is 0 Å². The minimum absolute atomic E-state index is 0.309. The van der Waals surface area contributed by atoms with Gasteiger partial charge in [0.1, 0.15) is 17.1 Å². The average Bonchev–Trinajstić information content (AvgIpc) is 3.26. The molecular formula is C18H26N4O3. The van der Waals surface area contributed by atoms with Crippen LogP contribution in [0, 0.1) is 0 Å². The Morgan fingerprint density at radius 3 is 2.60 bits per heavy atom. The van der Waals surface area contributed by atoms with Crippen LogP contribution in [0.15, 0.2) is 29.1 Å². The van der Waals surface area contributed by atoms with Crippen LogP contribution in [0.1, 0.15) is 35.8 Å². The van der Waals surface area contributed by atoms with Crippen LogP contribution in [0.4, 0.5) is 0 Å². The largest absolute Gasteiger partial charge is 0.467 e. The fourth-order valence-electron chi connectivity index (χ4n) is 3.14. The third-order valence-electron chi connectivity index (χ3n) is 4.58. The number of carbonyl (C=O) groups is 1. The summed E-state index contributed by atoms with van der Waals surface area (Å²) in [5, 5.41) is 0. The number of ether oxygens (including phenoxy) is 1. The highest BCUT2D eigenvalue weighted by Gasteiger charge is 2.22. The molecule has 7 heteroatoms. The van der Waals surface area contributed by atoms with Crippen molar-refractivity contribution in [2.24, 2.45) is 0 Å². The summed E-state index contributed by atoms with van der Waals surface area (Å²) in [6.45, 7) is 10.6. The minimum Gasteiger partial charge on any atom is -0.467 e. The topological polar surface area (TPSA) is 63.7 Å². The summed E-state index contributed by atoms with van der Waals surface area (Å²) in [6, 6.07) is 1.69. The van der Waals surface area contributed by atoms with Gasteiger partial charge in [0.25, 0.3) is 0 Å². The van der Waals surface area contributed by atoms with Crippen LogP contribution in [-0.2, 0) is 24.4 Å². The summed E-state index contributed by atoms with van der Waals surface area (Å²) in [5.74, 6) is 1.50. The molecule has 2 aromatic heterocycles. The normalized spacial score (nSPS) is 16.2. The highest BCUT2D eigenvalue weighted by molar-refractivity contribution is 5.90. The van der Waals surface area contributed by atoms with Gasteiger partial charge in [0.05, 0.1) is 26.0 Å². The zero-order valence-electron chi connectivity index (χ0n) is 15.0. The number of esters is 1. The number of hydrogen-bond donors (Lipinski definition) is 0. The van der Waals surface area contributed by atoms with Crippen LogP contribution in [0.5, 0.6) is 0 Å². The molecule has 0 aromatic carbocycles. The summed E-state index contributed by atoms with van der Waals surface area (Å²) in [6.07, 6.45) is 5.45. The lowest BCUT2D eigenvalue weighted by molar-refractivity contribution is 0.0519. The van der Waals surface area contributed by atoms with Gasteiger partial charge in [-0.2, -0.15) is 0 Å². The summed E-state index contributed by atoms with van der Waals surface area (Å²) < 4.78 is 12.8. The number of hydrogen-bond acceptors (Lipinski definition) is 6. The van der Waals surface area contributed by atoms with Crippen LogP contribution in [0.3, 0.4) is 0 Å². The number of rotatable bonds is 7. The molecule has 0 N–H and O–H groups in total. The third-order valence-corrected chi connectivity index (χ3v) is 4.58. The van der Waals surface area contributed by atoms with Crippen molar-refractivity contribution in [2.45, 2.75) is 33.5 Å². The van der Waals surface area contributed by atoms with E-state index in [1.54, 1.807) is 19.3 Å². The average molecular weight is 346 g/mol. The lowest BCUT2D eigenvalue weighted by Crippen LogP contribution is -2.45. The zero-order chi connectivity index (χ0) is 17.6. The standard InChI is InChI=1S/C18H26N4O3/c1-3-22-7-6-19-17(22)14-21-10-8-20(9-11-21)13-16-15(5-12-25-16)18(23)24-4-2/h5-7,12H,3-4,8-11,13-14H2,1-2H3. The summed E-state index contributed by atoms with van der Waals surface area (Å²) in [5.41, 5.74) is 0.536. The minimum atomic E-state index is -0.309. The van der Waals surface area contributed by atoms with Crippen LogP contribution >= 0.6 is 0 Å². The molecule has 7 nitrogen and oxygen atoms in total. The maximum absolute atomic E-state index is 11.9. The molecule has 3 heterocycles. The van der Waals surface area contributed by atoms with Gasteiger partial charge in [-0.3, -0.25) is 9.80 Å². The molecule has 136 valence electrons. The van der Waals surface area contributed by atoms with Gasteiger partial charge in [0, 0.05) is 45.1 Å². The fraction of sp³-hybridized carbons (Fsp3) is 0.556. The lowest BCUT2D eigenvalue weighted by atomic mass is 10.2. The smallest absolute Gasteiger partial charge is 0.341 e. The highest BCUT2D eigenvalue weighted by atomic mass is 16.5. The monoisotopic (exact) mass is 346 g/mol. The lowest BCUT2D eigenvalue weighted by Gasteiger charge is -2.34. The first-order chi connectivity index (χ1) is 12.2. The van der Waals surface area contributed by atoms with Crippen molar-refractivity contribution < 1.29 is 13.9 Å². The van der Waals surface area contributed by atoms with Crippen molar-refractivity contribution in [2.75, 3.05) is 32.8 Å². The molecule has 1 aliphatic heterocycles. The molecule has 2 aromatic rings. The van der Waals surface area contributed by atoms with Crippen molar-refractivity contribution in [3.63, 3.8) is 0 Å². The molecule has 3 rings (SSSR count). The predicted octanol–water partition coefficient (Wildman–Crippen LogP) is 1.99. The highest BCUT2D eigenvalue weighted by Crippen LogP contribution is 2.16. The number of nitrogens with zero attached hydrogens (tertiary/aromatic N) is 4. The SMILES string of the molecule is CCOC(=O)c1ccoc1CN1CCN(Cc2nccn2CC)CC1. The Balaban J connectivity index is 1.52. The predicted molar refractivity (Wildman–Crippen MR) is 93.1 cm³/mol. The Bertz CT molecular complexity index is 686. The van der Waals surface area contributed by atoms with Gasteiger partial charge >= 0.3 is 5.97 Å². The van der Waals surface area contributed by atoms with Gasteiger partial charge in [-0.1, -0.05) is 0 Å². The molecule has 25 heavy (non-hydrogen) atoms. The van der Waals surface area contributed by atoms with E-state index in [9.17, 15) is 4.79 Å². The van der Waals surface area contributed by atoms with Gasteiger partial charge in [-0.15, -0.1) is 0 Å². The first-order valence-electron chi connectivity index (χ1n) is 8.89. The van der Waals surface area contributed by atoms with E-state index in [0.717, 1.165) is 45.1 Å². The van der Waals surface area contributed by atoms with Crippen LogP contribution in [-0.4, -0.2) is 58.1 Å². The van der Waals surface area contributed by atoms with Crippen molar-refractivity contribution >= 4 is 5.97 Å². The number of carbonyl (C=O) groups excluding carboxylic acids is 1. The quantitative estimate of drug-likeness (QED) is 0.715. The molecule has 0 aliphatic carbocycles. The molecule has 0 saturated carbocycles. The van der Waals surface area contributed by atoms with E-state index >= 15 is 0 Å². The molecule has 0 bridgehead atoms. The Hall–Kier alpha value is -2.12. The molecule has 1 saturated heterocycles. The summed E-state index contributed by atoms with van der Waals surface area (Å²) in [7, 11) is 0. The number of furan rings is 1. The van der Waals surface area contributed by atoms with E-state index in [1.807, 2.05) is 12.4 Å². The Morgan fingerprint density at radius 1 is 1.20 bits per heavy atom. The van der Waals surface area contributed by atoms with Gasteiger partial charge in [-0.05, 0) is 19.9 Å². The molecule has 1 fully saturated rings. The molecular weight excluding hydrogens is 320 g/mol. The first kappa shape index (κ1) is 17.7. The second kappa shape index (κ2) is 8.31. The molecule has 0 amide bonds. The maximum Gasteiger partial charge on any atom is 0.341 e.